The van der Waals surface area contributed by atoms with E-state index >= 15 is 0 Å². The van der Waals surface area contributed by atoms with Crippen LogP contribution in [0.1, 0.15) is 20.3 Å². The van der Waals surface area contributed by atoms with Gasteiger partial charge in [0.15, 0.2) is 0 Å². The average Bonchev–Trinajstić information content (AvgIpc) is 1.83. The number of hydrogen-bond acceptors (Lipinski definition) is 0. The Labute approximate surface area is 75.1 Å². The zero-order valence-corrected chi connectivity index (χ0v) is 8.53. The normalized spacial score (nSPS) is 14.2. The highest BCUT2D eigenvalue weighted by Gasteiger charge is 1.81. The molecule has 0 fully saturated rings. The van der Waals surface area contributed by atoms with Crippen molar-refractivity contribution in [2.24, 2.45) is 0 Å². The monoisotopic (exact) mass is 256 g/mol. The quantitative estimate of drug-likeness (QED) is 0.520. The third-order valence-corrected chi connectivity index (χ3v) is 1.58. The van der Waals surface area contributed by atoms with E-state index in [1.165, 1.54) is 3.58 Å². The van der Waals surface area contributed by atoms with Gasteiger partial charge in [-0.05, 0) is 45.6 Å². The number of rotatable bonds is 2. The maximum Gasteiger partial charge on any atom is 0.0178 e. The highest BCUT2D eigenvalue weighted by molar-refractivity contribution is 14.1. The molecule has 0 heterocycles. The highest BCUT2D eigenvalue weighted by Crippen LogP contribution is 2.09. The van der Waals surface area contributed by atoms with Crippen molar-refractivity contribution in [3.63, 3.8) is 0 Å². The molecule has 0 atom stereocenters. The molecule has 0 aromatic carbocycles. The summed E-state index contributed by atoms with van der Waals surface area (Å²) in [5.74, 6) is 0. The summed E-state index contributed by atoms with van der Waals surface area (Å²) in [6.07, 6.45) is 4.86. The Morgan fingerprint density at radius 1 is 1.56 bits per heavy atom. The minimum absolute atomic E-state index is 0.908. The van der Waals surface area contributed by atoms with Crippen LogP contribution in [0.3, 0.4) is 0 Å². The van der Waals surface area contributed by atoms with Gasteiger partial charge in [-0.1, -0.05) is 24.6 Å². The molecule has 0 saturated carbocycles. The van der Waals surface area contributed by atoms with E-state index in [1.807, 2.05) is 26.0 Å². The Bertz CT molecular complexity index is 132. The van der Waals surface area contributed by atoms with Crippen molar-refractivity contribution >= 4 is 34.2 Å². The van der Waals surface area contributed by atoms with Crippen molar-refractivity contribution in [1.29, 1.82) is 0 Å². The summed E-state index contributed by atoms with van der Waals surface area (Å²) in [6, 6.07) is 0. The summed E-state index contributed by atoms with van der Waals surface area (Å²) < 4.78 is 1.25. The molecule has 0 spiro atoms. The van der Waals surface area contributed by atoms with Gasteiger partial charge in [-0.25, -0.2) is 0 Å². The van der Waals surface area contributed by atoms with E-state index in [0.29, 0.717) is 0 Å². The standard InChI is InChI=1S/C7H10ClI/c1-3-7(8)5-4-6(2)9/h4-5H,3H2,1-2H3/b6-4+,7-5+. The van der Waals surface area contributed by atoms with Crippen molar-refractivity contribution in [1.82, 2.24) is 0 Å². The van der Waals surface area contributed by atoms with E-state index in [0.717, 1.165) is 11.5 Å². The summed E-state index contributed by atoms with van der Waals surface area (Å²) >= 11 is 7.97. The first-order valence-corrected chi connectivity index (χ1v) is 4.31. The highest BCUT2D eigenvalue weighted by atomic mass is 127. The van der Waals surface area contributed by atoms with Crippen molar-refractivity contribution in [2.45, 2.75) is 20.3 Å². The molecule has 52 valence electrons. The average molecular weight is 257 g/mol. The second kappa shape index (κ2) is 5.30. The van der Waals surface area contributed by atoms with Crippen LogP contribution in [0.5, 0.6) is 0 Å². The molecule has 0 aliphatic heterocycles. The molecular weight excluding hydrogens is 246 g/mol. The zero-order chi connectivity index (χ0) is 7.28. The van der Waals surface area contributed by atoms with Gasteiger partial charge < -0.3 is 0 Å². The summed E-state index contributed by atoms with van der Waals surface area (Å²) in [5.41, 5.74) is 0. The fourth-order valence-corrected chi connectivity index (χ4v) is 0.566. The van der Waals surface area contributed by atoms with Crippen LogP contribution in [0, 0.1) is 0 Å². The van der Waals surface area contributed by atoms with E-state index in [4.69, 9.17) is 11.6 Å². The lowest BCUT2D eigenvalue weighted by Crippen LogP contribution is -1.63. The smallest absolute Gasteiger partial charge is 0.0178 e. The molecule has 0 unspecified atom stereocenters. The number of hydrogen-bond donors (Lipinski definition) is 0. The fraction of sp³-hybridized carbons (Fsp3) is 0.429. The fourth-order valence-electron chi connectivity index (χ4n) is 0.323. The Kier molecular flexibility index (Phi) is 5.59. The largest absolute Gasteiger partial charge is 0.0892 e. The summed E-state index contributed by atoms with van der Waals surface area (Å²) in [5, 5.41) is 0.908. The number of halogens is 2. The summed E-state index contributed by atoms with van der Waals surface area (Å²) in [7, 11) is 0. The Hall–Kier alpha value is 0.500. The third-order valence-electron chi connectivity index (χ3n) is 0.832. The number of allylic oxidation sites excluding steroid dienone is 4. The van der Waals surface area contributed by atoms with Crippen LogP contribution in [0.4, 0.5) is 0 Å². The first-order valence-electron chi connectivity index (χ1n) is 2.85. The van der Waals surface area contributed by atoms with Gasteiger partial charge in [0.05, 0.1) is 0 Å². The van der Waals surface area contributed by atoms with E-state index < -0.39 is 0 Å². The maximum atomic E-state index is 5.72. The van der Waals surface area contributed by atoms with Gasteiger partial charge in [0.2, 0.25) is 0 Å². The van der Waals surface area contributed by atoms with Crippen LogP contribution in [-0.2, 0) is 0 Å². The predicted molar refractivity (Wildman–Crippen MR) is 52.0 cm³/mol. The molecule has 0 rings (SSSR count). The molecule has 0 radical (unpaired) electrons. The molecule has 0 saturated heterocycles. The van der Waals surface area contributed by atoms with Crippen molar-refractivity contribution in [3.8, 4) is 0 Å². The zero-order valence-electron chi connectivity index (χ0n) is 5.62. The molecule has 0 amide bonds. The third kappa shape index (κ3) is 6.38. The molecule has 0 N–H and O–H groups in total. The first kappa shape index (κ1) is 9.50. The van der Waals surface area contributed by atoms with E-state index in [-0.39, 0.29) is 0 Å². The SMILES string of the molecule is CC/C(Cl)=C\C=C(/C)I. The molecule has 0 aromatic rings. The van der Waals surface area contributed by atoms with Crippen LogP contribution in [0.25, 0.3) is 0 Å². The lowest BCUT2D eigenvalue weighted by Gasteiger charge is -1.86. The molecular formula is C7H10ClI. The minimum Gasteiger partial charge on any atom is -0.0892 e. The van der Waals surface area contributed by atoms with Crippen LogP contribution >= 0.6 is 34.2 Å². The lowest BCUT2D eigenvalue weighted by atomic mass is 10.4. The predicted octanol–water partition coefficient (Wildman–Crippen LogP) is 3.86. The van der Waals surface area contributed by atoms with Gasteiger partial charge in [0.25, 0.3) is 0 Å². The van der Waals surface area contributed by atoms with Gasteiger partial charge in [-0.3, -0.25) is 0 Å². The maximum absolute atomic E-state index is 5.72. The van der Waals surface area contributed by atoms with Crippen LogP contribution in [-0.4, -0.2) is 0 Å². The molecule has 9 heavy (non-hydrogen) atoms. The molecule has 0 aromatic heterocycles. The summed E-state index contributed by atoms with van der Waals surface area (Å²) in [6.45, 7) is 4.08. The van der Waals surface area contributed by atoms with Gasteiger partial charge in [-0.15, -0.1) is 0 Å². The molecule has 0 aliphatic rings. The van der Waals surface area contributed by atoms with Gasteiger partial charge in [-0.2, -0.15) is 0 Å². The van der Waals surface area contributed by atoms with Gasteiger partial charge >= 0.3 is 0 Å². The second-order valence-corrected chi connectivity index (χ2v) is 3.91. The summed E-state index contributed by atoms with van der Waals surface area (Å²) in [4.78, 5) is 0. The van der Waals surface area contributed by atoms with Gasteiger partial charge in [0, 0.05) is 5.03 Å². The Balaban J connectivity index is 3.83. The topological polar surface area (TPSA) is 0 Å². The first-order chi connectivity index (χ1) is 4.16. The van der Waals surface area contributed by atoms with Crippen molar-refractivity contribution in [3.05, 3.63) is 20.8 Å². The Morgan fingerprint density at radius 3 is 2.44 bits per heavy atom. The van der Waals surface area contributed by atoms with Crippen molar-refractivity contribution in [2.75, 3.05) is 0 Å². The molecule has 0 aliphatic carbocycles. The van der Waals surface area contributed by atoms with Crippen LogP contribution in [0.2, 0.25) is 0 Å². The van der Waals surface area contributed by atoms with Gasteiger partial charge in [0.1, 0.15) is 0 Å². The van der Waals surface area contributed by atoms with E-state index in [1.54, 1.807) is 0 Å². The van der Waals surface area contributed by atoms with E-state index in [9.17, 15) is 0 Å². The van der Waals surface area contributed by atoms with Crippen LogP contribution < -0.4 is 0 Å². The van der Waals surface area contributed by atoms with Crippen molar-refractivity contribution < 1.29 is 0 Å². The molecule has 2 heteroatoms. The minimum atomic E-state index is 0.908. The molecule has 0 bridgehead atoms. The second-order valence-electron chi connectivity index (χ2n) is 1.72. The van der Waals surface area contributed by atoms with E-state index in [2.05, 4.69) is 22.6 Å². The van der Waals surface area contributed by atoms with Crippen LogP contribution in [0.15, 0.2) is 20.8 Å². The lowest BCUT2D eigenvalue weighted by molar-refractivity contribution is 1.19. The Morgan fingerprint density at radius 2 is 2.11 bits per heavy atom. The molecule has 0 nitrogen and oxygen atoms in total.